The van der Waals surface area contributed by atoms with Gasteiger partial charge >= 0.3 is 0 Å². The number of amides is 1. The molecule has 4 rings (SSSR count). The van der Waals surface area contributed by atoms with Gasteiger partial charge in [-0.1, -0.05) is 18.2 Å². The van der Waals surface area contributed by atoms with Gasteiger partial charge in [-0.05, 0) is 37.0 Å². The van der Waals surface area contributed by atoms with E-state index in [9.17, 15) is 4.79 Å². The number of aryl methyl sites for hydroxylation is 1. The standard InChI is InChI=1S/C20H21N5O/c21-14-17-5-2-1-4-15(17)7-8-19(26)24-12-9-16(10-13-24)20-23-22-18-6-3-11-25(18)20/h1-2,4-5,7-8,16H,3,6,9-13H2. The quantitative estimate of drug-likeness (QED) is 0.800. The Morgan fingerprint density at radius 2 is 2.00 bits per heavy atom. The fraction of sp³-hybridized carbons (Fsp3) is 0.400. The van der Waals surface area contributed by atoms with Gasteiger partial charge in [0, 0.05) is 38.0 Å². The van der Waals surface area contributed by atoms with Crippen LogP contribution in [0.3, 0.4) is 0 Å². The van der Waals surface area contributed by atoms with Crippen LogP contribution in [-0.2, 0) is 17.8 Å². The molecular formula is C20H21N5O. The molecule has 1 aromatic heterocycles. The molecule has 0 unspecified atom stereocenters. The van der Waals surface area contributed by atoms with Gasteiger partial charge in [0.25, 0.3) is 0 Å². The number of likely N-dealkylation sites (tertiary alicyclic amines) is 1. The van der Waals surface area contributed by atoms with Crippen LogP contribution in [0.5, 0.6) is 0 Å². The average Bonchev–Trinajstić information content (AvgIpc) is 3.30. The third-order valence-corrected chi connectivity index (χ3v) is 5.30. The molecule has 1 fully saturated rings. The van der Waals surface area contributed by atoms with Crippen molar-refractivity contribution in [2.24, 2.45) is 0 Å². The highest BCUT2D eigenvalue weighted by molar-refractivity contribution is 5.92. The smallest absolute Gasteiger partial charge is 0.246 e. The maximum atomic E-state index is 12.5. The molecule has 1 saturated heterocycles. The van der Waals surface area contributed by atoms with E-state index in [4.69, 9.17) is 5.26 Å². The number of nitrogens with zero attached hydrogens (tertiary/aromatic N) is 5. The second kappa shape index (κ2) is 7.12. The highest BCUT2D eigenvalue weighted by atomic mass is 16.2. The minimum Gasteiger partial charge on any atom is -0.339 e. The van der Waals surface area contributed by atoms with Gasteiger partial charge in [0.1, 0.15) is 11.6 Å². The zero-order valence-corrected chi connectivity index (χ0v) is 14.6. The van der Waals surface area contributed by atoms with Crippen molar-refractivity contribution in [3.8, 4) is 6.07 Å². The van der Waals surface area contributed by atoms with E-state index in [1.807, 2.05) is 23.1 Å². The summed E-state index contributed by atoms with van der Waals surface area (Å²) in [5, 5.41) is 17.8. The van der Waals surface area contributed by atoms with E-state index in [-0.39, 0.29) is 5.91 Å². The summed E-state index contributed by atoms with van der Waals surface area (Å²) in [6.07, 6.45) is 7.34. The van der Waals surface area contributed by atoms with Gasteiger partial charge < -0.3 is 9.47 Å². The number of fused-ring (bicyclic) bond motifs is 1. The first-order valence-corrected chi connectivity index (χ1v) is 9.14. The van der Waals surface area contributed by atoms with Crippen molar-refractivity contribution in [2.75, 3.05) is 13.1 Å². The molecule has 0 atom stereocenters. The van der Waals surface area contributed by atoms with Gasteiger partial charge in [-0.15, -0.1) is 10.2 Å². The second-order valence-corrected chi connectivity index (χ2v) is 6.86. The van der Waals surface area contributed by atoms with E-state index in [0.29, 0.717) is 11.5 Å². The summed E-state index contributed by atoms with van der Waals surface area (Å²) in [4.78, 5) is 14.4. The Balaban J connectivity index is 1.38. The molecule has 0 bridgehead atoms. The molecule has 6 nitrogen and oxygen atoms in total. The van der Waals surface area contributed by atoms with Crippen molar-refractivity contribution in [2.45, 2.75) is 38.1 Å². The average molecular weight is 347 g/mol. The summed E-state index contributed by atoms with van der Waals surface area (Å²) >= 11 is 0. The zero-order chi connectivity index (χ0) is 17.9. The molecule has 1 aromatic carbocycles. The lowest BCUT2D eigenvalue weighted by Gasteiger charge is -2.30. The molecule has 2 aliphatic heterocycles. The molecular weight excluding hydrogens is 326 g/mol. The van der Waals surface area contributed by atoms with Crippen LogP contribution in [0.15, 0.2) is 30.3 Å². The molecule has 0 spiro atoms. The molecule has 26 heavy (non-hydrogen) atoms. The fourth-order valence-corrected chi connectivity index (χ4v) is 3.84. The van der Waals surface area contributed by atoms with E-state index < -0.39 is 0 Å². The van der Waals surface area contributed by atoms with Crippen LogP contribution in [-0.4, -0.2) is 38.7 Å². The molecule has 2 aliphatic rings. The third kappa shape index (κ3) is 3.13. The van der Waals surface area contributed by atoms with Crippen LogP contribution in [0, 0.1) is 11.3 Å². The summed E-state index contributed by atoms with van der Waals surface area (Å²) in [6.45, 7) is 2.49. The Bertz CT molecular complexity index is 884. The van der Waals surface area contributed by atoms with Crippen LogP contribution in [0.1, 0.15) is 48.0 Å². The Labute approximate surface area is 152 Å². The number of hydrogen-bond acceptors (Lipinski definition) is 4. The van der Waals surface area contributed by atoms with Crippen molar-refractivity contribution in [1.82, 2.24) is 19.7 Å². The molecule has 3 heterocycles. The van der Waals surface area contributed by atoms with E-state index in [1.165, 1.54) is 0 Å². The summed E-state index contributed by atoms with van der Waals surface area (Å²) < 4.78 is 2.26. The lowest BCUT2D eigenvalue weighted by molar-refractivity contribution is -0.127. The van der Waals surface area contributed by atoms with E-state index >= 15 is 0 Å². The van der Waals surface area contributed by atoms with E-state index in [2.05, 4.69) is 20.8 Å². The monoisotopic (exact) mass is 347 g/mol. The number of nitriles is 1. The molecule has 0 radical (unpaired) electrons. The number of piperidine rings is 1. The van der Waals surface area contributed by atoms with Crippen LogP contribution in [0.2, 0.25) is 0 Å². The normalized spacial score (nSPS) is 17.4. The predicted molar refractivity (Wildman–Crippen MR) is 97.1 cm³/mol. The first kappa shape index (κ1) is 16.5. The molecule has 6 heteroatoms. The van der Waals surface area contributed by atoms with Gasteiger partial charge in [-0.25, -0.2) is 0 Å². The minimum absolute atomic E-state index is 0.00247. The number of carbonyl (C=O) groups is 1. The van der Waals surface area contributed by atoms with Crippen LogP contribution >= 0.6 is 0 Å². The van der Waals surface area contributed by atoms with Crippen molar-refractivity contribution >= 4 is 12.0 Å². The molecule has 0 N–H and O–H groups in total. The van der Waals surface area contributed by atoms with Gasteiger partial charge in [0.15, 0.2) is 0 Å². The lowest BCUT2D eigenvalue weighted by Crippen LogP contribution is -2.37. The lowest BCUT2D eigenvalue weighted by atomic mass is 9.95. The zero-order valence-electron chi connectivity index (χ0n) is 14.6. The Hall–Kier alpha value is -2.94. The number of aromatic nitrogens is 3. The maximum absolute atomic E-state index is 12.5. The van der Waals surface area contributed by atoms with Gasteiger partial charge in [0.05, 0.1) is 11.6 Å². The highest BCUT2D eigenvalue weighted by Crippen LogP contribution is 2.29. The predicted octanol–water partition coefficient (Wildman–Crippen LogP) is 2.52. The fourth-order valence-electron chi connectivity index (χ4n) is 3.84. The molecule has 0 saturated carbocycles. The first-order valence-electron chi connectivity index (χ1n) is 9.14. The van der Waals surface area contributed by atoms with E-state index in [0.717, 1.165) is 62.5 Å². The number of hydrogen-bond donors (Lipinski definition) is 0. The van der Waals surface area contributed by atoms with E-state index in [1.54, 1.807) is 18.2 Å². The molecule has 2 aromatic rings. The van der Waals surface area contributed by atoms with Gasteiger partial charge in [-0.3, -0.25) is 4.79 Å². The van der Waals surface area contributed by atoms with Crippen molar-refractivity contribution in [3.05, 3.63) is 53.1 Å². The van der Waals surface area contributed by atoms with Crippen molar-refractivity contribution in [1.29, 1.82) is 5.26 Å². The summed E-state index contributed by atoms with van der Waals surface area (Å²) in [7, 11) is 0. The Kier molecular flexibility index (Phi) is 4.53. The van der Waals surface area contributed by atoms with Crippen LogP contribution in [0.25, 0.3) is 6.08 Å². The molecule has 1 amide bonds. The summed E-state index contributed by atoms with van der Waals surface area (Å²) in [5.41, 5.74) is 1.35. The van der Waals surface area contributed by atoms with Crippen molar-refractivity contribution in [3.63, 3.8) is 0 Å². The largest absolute Gasteiger partial charge is 0.339 e. The molecule has 0 aliphatic carbocycles. The Morgan fingerprint density at radius 3 is 2.81 bits per heavy atom. The minimum atomic E-state index is 0.00247. The maximum Gasteiger partial charge on any atom is 0.246 e. The van der Waals surface area contributed by atoms with Crippen LogP contribution < -0.4 is 0 Å². The first-order chi connectivity index (χ1) is 12.8. The second-order valence-electron chi connectivity index (χ2n) is 6.86. The number of carbonyl (C=O) groups excluding carboxylic acids is 1. The third-order valence-electron chi connectivity index (χ3n) is 5.30. The highest BCUT2D eigenvalue weighted by Gasteiger charge is 2.28. The summed E-state index contributed by atoms with van der Waals surface area (Å²) in [5.74, 6) is 2.60. The van der Waals surface area contributed by atoms with Crippen LogP contribution in [0.4, 0.5) is 0 Å². The number of rotatable bonds is 3. The topological polar surface area (TPSA) is 74.8 Å². The van der Waals surface area contributed by atoms with Gasteiger partial charge in [-0.2, -0.15) is 5.26 Å². The number of benzene rings is 1. The van der Waals surface area contributed by atoms with Gasteiger partial charge in [0.2, 0.25) is 5.91 Å². The molecule has 132 valence electrons. The SMILES string of the molecule is N#Cc1ccccc1C=CC(=O)N1CCC(c2nnc3n2CCC3)CC1. The van der Waals surface area contributed by atoms with Crippen molar-refractivity contribution < 1.29 is 4.79 Å². The summed E-state index contributed by atoms with van der Waals surface area (Å²) in [6, 6.07) is 9.45. The Morgan fingerprint density at radius 1 is 1.19 bits per heavy atom.